The molecule has 3 aromatic rings. The quantitative estimate of drug-likeness (QED) is 0.525. The molecular weight excluding hydrogens is 410 g/mol. The molecule has 4 rings (SSSR count). The first-order valence-electron chi connectivity index (χ1n) is 10.9. The third kappa shape index (κ3) is 4.45. The lowest BCUT2D eigenvalue weighted by Crippen LogP contribution is -2.44. The fourth-order valence-corrected chi connectivity index (χ4v) is 4.02. The molecule has 1 aromatic carbocycles. The van der Waals surface area contributed by atoms with Crippen LogP contribution in [0.1, 0.15) is 25.3 Å². The number of benzene rings is 1. The third-order valence-corrected chi connectivity index (χ3v) is 5.59. The number of aromatic nitrogens is 4. The number of hydrogen-bond acceptors (Lipinski definition) is 8. The van der Waals surface area contributed by atoms with Crippen molar-refractivity contribution in [1.29, 1.82) is 0 Å². The van der Waals surface area contributed by atoms with Gasteiger partial charge in [-0.25, -0.2) is 0 Å². The smallest absolute Gasteiger partial charge is 0.325 e. The van der Waals surface area contributed by atoms with Gasteiger partial charge in [-0.05, 0) is 25.3 Å². The van der Waals surface area contributed by atoms with Gasteiger partial charge in [-0.15, -0.1) is 0 Å². The first-order valence-corrected chi connectivity index (χ1v) is 10.9. The number of ether oxygens (including phenoxy) is 1. The van der Waals surface area contributed by atoms with E-state index in [0.717, 1.165) is 24.9 Å². The monoisotopic (exact) mass is 439 g/mol. The maximum absolute atomic E-state index is 13.4. The van der Waals surface area contributed by atoms with Crippen LogP contribution in [0, 0.1) is 0 Å². The molecule has 0 saturated carbocycles. The van der Waals surface area contributed by atoms with Crippen molar-refractivity contribution in [2.75, 3.05) is 36.5 Å². The van der Waals surface area contributed by atoms with Crippen LogP contribution in [0.4, 0.5) is 11.9 Å². The van der Waals surface area contributed by atoms with Crippen molar-refractivity contribution in [1.82, 2.24) is 19.1 Å². The third-order valence-electron chi connectivity index (χ3n) is 5.59. The Balaban J connectivity index is 1.78. The number of rotatable bonds is 7. The van der Waals surface area contributed by atoms with E-state index in [9.17, 15) is 9.59 Å². The number of anilines is 2. The molecule has 0 aliphatic carbocycles. The highest BCUT2D eigenvalue weighted by Gasteiger charge is 2.25. The Morgan fingerprint density at radius 3 is 2.78 bits per heavy atom. The Hall–Kier alpha value is -3.40. The number of nitrogens with zero attached hydrogens (tertiary/aromatic N) is 5. The fourth-order valence-electron chi connectivity index (χ4n) is 4.02. The first kappa shape index (κ1) is 21.8. The molecule has 3 heterocycles. The molecule has 2 aromatic heterocycles. The van der Waals surface area contributed by atoms with Crippen molar-refractivity contribution < 1.29 is 9.53 Å². The van der Waals surface area contributed by atoms with Gasteiger partial charge in [0.15, 0.2) is 11.2 Å². The van der Waals surface area contributed by atoms with Crippen LogP contribution in [0.25, 0.3) is 11.2 Å². The molecule has 10 heteroatoms. The molecule has 3 N–H and O–H groups in total. The molecule has 32 heavy (non-hydrogen) atoms. The summed E-state index contributed by atoms with van der Waals surface area (Å²) in [5.74, 6) is 0.535. The second-order valence-corrected chi connectivity index (χ2v) is 7.96. The topological polar surface area (TPSA) is 120 Å². The van der Waals surface area contributed by atoms with E-state index >= 15 is 0 Å². The average molecular weight is 440 g/mol. The summed E-state index contributed by atoms with van der Waals surface area (Å²) in [5.41, 5.74) is 7.79. The van der Waals surface area contributed by atoms with Crippen LogP contribution in [-0.2, 0) is 23.1 Å². The number of esters is 1. The highest BCUT2D eigenvalue weighted by Crippen LogP contribution is 2.24. The van der Waals surface area contributed by atoms with E-state index in [0.29, 0.717) is 30.2 Å². The molecule has 10 nitrogen and oxygen atoms in total. The summed E-state index contributed by atoms with van der Waals surface area (Å²) in [6, 6.07) is 10.0. The van der Waals surface area contributed by atoms with Crippen molar-refractivity contribution in [2.45, 2.75) is 32.4 Å². The molecular formula is C22H29N7O3. The summed E-state index contributed by atoms with van der Waals surface area (Å²) in [6.07, 6.45) is 1.94. The minimum absolute atomic E-state index is 0.0614. The van der Waals surface area contributed by atoms with Gasteiger partial charge in [0, 0.05) is 26.2 Å². The zero-order chi connectivity index (χ0) is 22.7. The number of piperidine rings is 1. The standard InChI is InChI=1S/C22H29N7O3/c1-3-32-17(30)12-24-21-25-19-18(20(31)27(21)2)29(13-15-8-5-4-6-9-15)22(26-19)28-11-7-10-16(23)14-28/h4-6,8-9,16H,3,7,10-14,23H2,1-2H3,(H,24,25). The van der Waals surface area contributed by atoms with Crippen molar-refractivity contribution in [3.8, 4) is 0 Å². The lowest BCUT2D eigenvalue weighted by molar-refractivity contribution is -0.140. The van der Waals surface area contributed by atoms with Crippen molar-refractivity contribution >= 4 is 29.0 Å². The second-order valence-electron chi connectivity index (χ2n) is 7.96. The average Bonchev–Trinajstić information content (AvgIpc) is 3.14. The minimum Gasteiger partial charge on any atom is -0.465 e. The van der Waals surface area contributed by atoms with Gasteiger partial charge in [0.05, 0.1) is 13.2 Å². The van der Waals surface area contributed by atoms with Crippen LogP contribution in [0.3, 0.4) is 0 Å². The predicted octanol–water partition coefficient (Wildman–Crippen LogP) is 1.08. The summed E-state index contributed by atoms with van der Waals surface area (Å²) >= 11 is 0. The Bertz CT molecular complexity index is 1160. The summed E-state index contributed by atoms with van der Waals surface area (Å²) in [7, 11) is 1.62. The molecule has 1 aliphatic rings. The summed E-state index contributed by atoms with van der Waals surface area (Å²) < 4.78 is 8.27. The maximum atomic E-state index is 13.4. The first-order chi connectivity index (χ1) is 15.5. The molecule has 1 aliphatic heterocycles. The van der Waals surface area contributed by atoms with E-state index in [1.165, 1.54) is 4.57 Å². The van der Waals surface area contributed by atoms with Crippen LogP contribution < -0.4 is 21.5 Å². The molecule has 1 fully saturated rings. The van der Waals surface area contributed by atoms with Crippen molar-refractivity contribution in [3.05, 3.63) is 46.2 Å². The number of hydrogen-bond donors (Lipinski definition) is 2. The lowest BCUT2D eigenvalue weighted by Gasteiger charge is -2.31. The maximum Gasteiger partial charge on any atom is 0.325 e. The second kappa shape index (κ2) is 9.39. The molecule has 170 valence electrons. The molecule has 1 unspecified atom stereocenters. The van der Waals surface area contributed by atoms with Gasteiger partial charge in [-0.3, -0.25) is 18.7 Å². The van der Waals surface area contributed by atoms with Gasteiger partial charge in [-0.1, -0.05) is 30.3 Å². The summed E-state index contributed by atoms with van der Waals surface area (Å²) in [4.78, 5) is 36.5. The van der Waals surface area contributed by atoms with Crippen molar-refractivity contribution in [3.63, 3.8) is 0 Å². The number of imidazole rings is 1. The zero-order valence-electron chi connectivity index (χ0n) is 18.5. The highest BCUT2D eigenvalue weighted by molar-refractivity contribution is 5.77. The number of carbonyl (C=O) groups excluding carboxylic acids is 1. The predicted molar refractivity (Wildman–Crippen MR) is 123 cm³/mol. The molecule has 0 bridgehead atoms. The number of nitrogens with one attached hydrogen (secondary N) is 1. The van der Waals surface area contributed by atoms with Gasteiger partial charge in [0.2, 0.25) is 11.9 Å². The highest BCUT2D eigenvalue weighted by atomic mass is 16.5. The number of carbonyl (C=O) groups is 1. The van der Waals surface area contributed by atoms with E-state index in [1.807, 2.05) is 34.9 Å². The van der Waals surface area contributed by atoms with Crippen molar-refractivity contribution in [2.24, 2.45) is 12.8 Å². The van der Waals surface area contributed by atoms with Crippen LogP contribution in [0.15, 0.2) is 35.1 Å². The van der Waals surface area contributed by atoms with E-state index in [2.05, 4.69) is 15.2 Å². The Morgan fingerprint density at radius 2 is 2.06 bits per heavy atom. The van der Waals surface area contributed by atoms with Gasteiger partial charge in [-0.2, -0.15) is 9.97 Å². The number of fused-ring (bicyclic) bond motifs is 1. The molecule has 0 spiro atoms. The van der Waals surface area contributed by atoms with Gasteiger partial charge in [0.1, 0.15) is 6.54 Å². The van der Waals surface area contributed by atoms with Gasteiger partial charge < -0.3 is 20.7 Å². The SMILES string of the molecule is CCOC(=O)CNc1nc2nc(N3CCCC(N)C3)n(Cc3ccccc3)c2c(=O)n1C. The van der Waals surface area contributed by atoms with E-state index < -0.39 is 5.97 Å². The molecule has 0 radical (unpaired) electrons. The van der Waals surface area contributed by atoms with Crippen LogP contribution in [-0.4, -0.2) is 57.4 Å². The number of nitrogens with two attached hydrogens (primary N) is 1. The van der Waals surface area contributed by atoms with Crippen LogP contribution in [0.2, 0.25) is 0 Å². The Kier molecular flexibility index (Phi) is 6.40. The molecule has 1 atom stereocenters. The lowest BCUT2D eigenvalue weighted by atomic mass is 10.1. The zero-order valence-corrected chi connectivity index (χ0v) is 18.5. The largest absolute Gasteiger partial charge is 0.465 e. The molecule has 1 saturated heterocycles. The van der Waals surface area contributed by atoms with E-state index in [1.54, 1.807) is 14.0 Å². The minimum atomic E-state index is -0.417. The van der Waals surface area contributed by atoms with Crippen LogP contribution in [0.5, 0.6) is 0 Å². The van der Waals surface area contributed by atoms with E-state index in [-0.39, 0.29) is 30.7 Å². The summed E-state index contributed by atoms with van der Waals surface area (Å²) in [5, 5.41) is 2.89. The van der Waals surface area contributed by atoms with Gasteiger partial charge in [0.25, 0.3) is 5.56 Å². The normalized spacial score (nSPS) is 16.3. The fraction of sp³-hybridized carbons (Fsp3) is 0.455. The van der Waals surface area contributed by atoms with E-state index in [4.69, 9.17) is 15.5 Å². The Morgan fingerprint density at radius 1 is 1.28 bits per heavy atom. The van der Waals surface area contributed by atoms with Crippen LogP contribution >= 0.6 is 0 Å². The summed E-state index contributed by atoms with van der Waals surface area (Å²) in [6.45, 7) is 3.93. The molecule has 0 amide bonds. The van der Waals surface area contributed by atoms with Gasteiger partial charge >= 0.3 is 5.97 Å². The Labute approximate surface area is 186 Å².